The van der Waals surface area contributed by atoms with Crippen molar-refractivity contribution in [2.24, 2.45) is 10.1 Å². The summed E-state index contributed by atoms with van der Waals surface area (Å²) >= 11 is 0. The lowest BCUT2D eigenvalue weighted by atomic mass is 10.1. The summed E-state index contributed by atoms with van der Waals surface area (Å²) in [5.41, 5.74) is 2.29. The lowest BCUT2D eigenvalue weighted by Crippen LogP contribution is -2.36. The van der Waals surface area contributed by atoms with Gasteiger partial charge in [-0.25, -0.2) is 17.9 Å². The van der Waals surface area contributed by atoms with Gasteiger partial charge in [-0.05, 0) is 41.8 Å². The Morgan fingerprint density at radius 2 is 1.62 bits per heavy atom. The average Bonchev–Trinajstić information content (AvgIpc) is 2.57. The van der Waals surface area contributed by atoms with E-state index in [4.69, 9.17) is 5.14 Å². The average molecular weight is 492 g/mol. The number of halogens is 2. The third-order valence-corrected chi connectivity index (χ3v) is 4.56. The third-order valence-electron chi connectivity index (χ3n) is 3.63. The fourth-order valence-electron chi connectivity index (χ4n) is 2.14. The number of sulfonamides is 1. The van der Waals surface area contributed by atoms with E-state index in [-0.39, 0.29) is 34.7 Å². The highest BCUT2D eigenvalue weighted by molar-refractivity contribution is 14.0. The number of aryl methyl sites for hydroxylation is 1. The zero-order valence-electron chi connectivity index (χ0n) is 14.5. The molecule has 0 heterocycles. The summed E-state index contributed by atoms with van der Waals surface area (Å²) in [5.74, 6) is 0.314. The van der Waals surface area contributed by atoms with Crippen LogP contribution in [0, 0.1) is 12.7 Å². The van der Waals surface area contributed by atoms with Gasteiger partial charge in [0.05, 0.1) is 4.90 Å². The zero-order valence-corrected chi connectivity index (χ0v) is 17.6. The molecule has 0 saturated carbocycles. The quantitative estimate of drug-likeness (QED) is 0.339. The summed E-state index contributed by atoms with van der Waals surface area (Å²) in [7, 11) is -2.05. The second-order valence-corrected chi connectivity index (χ2v) is 7.11. The van der Waals surface area contributed by atoms with Gasteiger partial charge < -0.3 is 10.6 Å². The van der Waals surface area contributed by atoms with Gasteiger partial charge in [0.15, 0.2) is 5.96 Å². The second-order valence-electron chi connectivity index (χ2n) is 5.55. The largest absolute Gasteiger partial charge is 0.352 e. The minimum absolute atomic E-state index is 0. The molecule has 0 fully saturated rings. The van der Waals surface area contributed by atoms with Gasteiger partial charge in [0.2, 0.25) is 10.0 Å². The smallest absolute Gasteiger partial charge is 0.238 e. The van der Waals surface area contributed by atoms with Gasteiger partial charge in [0.1, 0.15) is 5.82 Å². The van der Waals surface area contributed by atoms with E-state index in [9.17, 15) is 12.8 Å². The summed E-state index contributed by atoms with van der Waals surface area (Å²) in [6, 6.07) is 11.3. The van der Waals surface area contributed by atoms with Crippen LogP contribution in [0.5, 0.6) is 0 Å². The molecule has 142 valence electrons. The maximum atomic E-state index is 13.5. The van der Waals surface area contributed by atoms with E-state index in [1.54, 1.807) is 32.2 Å². The number of nitrogens with zero attached hydrogens (tertiary/aromatic N) is 1. The van der Waals surface area contributed by atoms with Crippen LogP contribution in [0.3, 0.4) is 0 Å². The molecule has 0 unspecified atom stereocenters. The molecule has 0 amide bonds. The first-order valence-electron chi connectivity index (χ1n) is 7.61. The Morgan fingerprint density at radius 1 is 1.08 bits per heavy atom. The summed E-state index contributed by atoms with van der Waals surface area (Å²) in [6.07, 6.45) is 0. The molecule has 0 saturated heterocycles. The van der Waals surface area contributed by atoms with E-state index in [0.717, 1.165) is 11.1 Å². The number of guanidine groups is 1. The highest BCUT2D eigenvalue weighted by Crippen LogP contribution is 2.09. The first kappa shape index (κ1) is 22.3. The van der Waals surface area contributed by atoms with E-state index in [0.29, 0.717) is 24.6 Å². The number of hydrogen-bond acceptors (Lipinski definition) is 3. The molecular formula is C17H22FIN4O2S. The van der Waals surface area contributed by atoms with Gasteiger partial charge in [0.25, 0.3) is 0 Å². The number of rotatable bonds is 5. The third kappa shape index (κ3) is 6.54. The highest BCUT2D eigenvalue weighted by atomic mass is 127. The number of nitrogens with one attached hydrogen (secondary N) is 2. The second kappa shape index (κ2) is 9.83. The van der Waals surface area contributed by atoms with Crippen LogP contribution in [0.15, 0.2) is 52.4 Å². The molecule has 26 heavy (non-hydrogen) atoms. The molecule has 0 aliphatic rings. The standard InChI is InChI=1S/C17H21FN4O2S.HI/c1-12-3-4-14(9-16(12)18)11-22-17(20-2)21-10-13-5-7-15(8-6-13)25(19,23)24;/h3-9H,10-11H2,1-2H3,(H2,19,23,24)(H2,20,21,22);1H. The molecule has 0 aromatic heterocycles. The molecule has 2 rings (SSSR count). The van der Waals surface area contributed by atoms with Crippen molar-refractivity contribution in [2.75, 3.05) is 7.05 Å². The van der Waals surface area contributed by atoms with E-state index in [2.05, 4.69) is 15.6 Å². The molecule has 0 radical (unpaired) electrons. The van der Waals surface area contributed by atoms with Gasteiger partial charge in [-0.1, -0.05) is 24.3 Å². The maximum absolute atomic E-state index is 13.5. The molecule has 2 aromatic rings. The highest BCUT2D eigenvalue weighted by Gasteiger charge is 2.07. The van der Waals surface area contributed by atoms with Crippen molar-refractivity contribution >= 4 is 40.0 Å². The van der Waals surface area contributed by atoms with E-state index >= 15 is 0 Å². The zero-order chi connectivity index (χ0) is 18.4. The molecule has 0 spiro atoms. The van der Waals surface area contributed by atoms with Gasteiger partial charge in [0, 0.05) is 20.1 Å². The molecule has 2 aromatic carbocycles. The SMILES string of the molecule is CN=C(NCc1ccc(S(N)(=O)=O)cc1)NCc1ccc(C)c(F)c1.I. The summed E-state index contributed by atoms with van der Waals surface area (Å²) in [4.78, 5) is 4.17. The molecule has 9 heteroatoms. The van der Waals surface area contributed by atoms with Crippen LogP contribution in [0.4, 0.5) is 4.39 Å². The predicted octanol–water partition coefficient (Wildman–Crippen LogP) is 2.26. The van der Waals surface area contributed by atoms with E-state index < -0.39 is 10.0 Å². The molecule has 0 atom stereocenters. The van der Waals surface area contributed by atoms with Crippen LogP contribution in [-0.2, 0) is 23.1 Å². The fraction of sp³-hybridized carbons (Fsp3) is 0.235. The topological polar surface area (TPSA) is 96.6 Å². The Morgan fingerprint density at radius 3 is 2.12 bits per heavy atom. The van der Waals surface area contributed by atoms with Crippen LogP contribution in [0.2, 0.25) is 0 Å². The van der Waals surface area contributed by atoms with Crippen molar-refractivity contribution in [1.29, 1.82) is 0 Å². The minimum Gasteiger partial charge on any atom is -0.352 e. The molecule has 6 nitrogen and oxygen atoms in total. The van der Waals surface area contributed by atoms with Crippen LogP contribution in [-0.4, -0.2) is 21.4 Å². The van der Waals surface area contributed by atoms with Gasteiger partial charge in [-0.2, -0.15) is 0 Å². The van der Waals surface area contributed by atoms with Crippen molar-refractivity contribution in [1.82, 2.24) is 10.6 Å². The first-order valence-corrected chi connectivity index (χ1v) is 9.15. The van der Waals surface area contributed by atoms with Crippen molar-refractivity contribution < 1.29 is 12.8 Å². The Bertz CT molecular complexity index is 871. The Balaban J connectivity index is 0.00000338. The van der Waals surface area contributed by atoms with Gasteiger partial charge in [-0.15, -0.1) is 24.0 Å². The molecular weight excluding hydrogens is 470 g/mol. The Hall–Kier alpha value is -1.72. The number of primary sulfonamides is 1. The van der Waals surface area contributed by atoms with E-state index in [1.807, 2.05) is 6.07 Å². The number of aliphatic imine (C=N–C) groups is 1. The van der Waals surface area contributed by atoms with Crippen molar-refractivity contribution in [3.8, 4) is 0 Å². The number of benzene rings is 2. The van der Waals surface area contributed by atoms with E-state index in [1.165, 1.54) is 18.2 Å². The van der Waals surface area contributed by atoms with Crippen LogP contribution in [0.25, 0.3) is 0 Å². The van der Waals surface area contributed by atoms with Crippen molar-refractivity contribution in [3.63, 3.8) is 0 Å². The Labute approximate surface area is 170 Å². The molecule has 4 N–H and O–H groups in total. The molecule has 0 aliphatic heterocycles. The number of nitrogens with two attached hydrogens (primary N) is 1. The normalized spacial score (nSPS) is 11.6. The molecule has 0 bridgehead atoms. The molecule has 0 aliphatic carbocycles. The maximum Gasteiger partial charge on any atom is 0.238 e. The summed E-state index contributed by atoms with van der Waals surface area (Å²) in [5, 5.41) is 11.3. The summed E-state index contributed by atoms with van der Waals surface area (Å²) in [6.45, 7) is 2.60. The lowest BCUT2D eigenvalue weighted by Gasteiger charge is -2.12. The van der Waals surface area contributed by atoms with Gasteiger partial charge >= 0.3 is 0 Å². The first-order chi connectivity index (χ1) is 11.8. The lowest BCUT2D eigenvalue weighted by molar-refractivity contribution is 0.597. The fourth-order valence-corrected chi connectivity index (χ4v) is 2.65. The van der Waals surface area contributed by atoms with Crippen LogP contribution >= 0.6 is 24.0 Å². The van der Waals surface area contributed by atoms with Gasteiger partial charge in [-0.3, -0.25) is 4.99 Å². The summed E-state index contributed by atoms with van der Waals surface area (Å²) < 4.78 is 36.0. The minimum atomic E-state index is -3.69. The van der Waals surface area contributed by atoms with Crippen molar-refractivity contribution in [3.05, 3.63) is 65.0 Å². The predicted molar refractivity (Wildman–Crippen MR) is 111 cm³/mol. The van der Waals surface area contributed by atoms with Crippen molar-refractivity contribution in [2.45, 2.75) is 24.9 Å². The Kier molecular flexibility index (Phi) is 8.44. The van der Waals surface area contributed by atoms with Crippen LogP contribution < -0.4 is 15.8 Å². The number of hydrogen-bond donors (Lipinski definition) is 3. The monoisotopic (exact) mass is 492 g/mol. The van der Waals surface area contributed by atoms with Crippen LogP contribution in [0.1, 0.15) is 16.7 Å².